The zero-order chi connectivity index (χ0) is 10.1. The van der Waals surface area contributed by atoms with Crippen molar-refractivity contribution in [3.05, 3.63) is 29.3 Å². The number of aryl methyl sites for hydroxylation is 2. The van der Waals surface area contributed by atoms with Crippen LogP contribution in [0.15, 0.2) is 18.2 Å². The minimum absolute atomic E-state index is 0.178. The summed E-state index contributed by atoms with van der Waals surface area (Å²) in [7, 11) is 2.33. The van der Waals surface area contributed by atoms with Crippen molar-refractivity contribution in [3.63, 3.8) is 0 Å². The molecule has 0 saturated heterocycles. The molecule has 0 fully saturated rings. The van der Waals surface area contributed by atoms with Crippen LogP contribution in [0.5, 0.6) is 0 Å². The molecule has 1 aliphatic rings. The average Bonchev–Trinajstić information content (AvgIpc) is 2.23. The van der Waals surface area contributed by atoms with E-state index >= 15 is 0 Å². The van der Waals surface area contributed by atoms with E-state index in [2.05, 4.69) is 42.3 Å². The molecule has 14 heavy (non-hydrogen) atoms. The van der Waals surface area contributed by atoms with Crippen LogP contribution in [0.1, 0.15) is 18.1 Å². The van der Waals surface area contributed by atoms with Gasteiger partial charge in [0.25, 0.3) is 0 Å². The Balaban J connectivity index is 2.43. The van der Waals surface area contributed by atoms with Crippen molar-refractivity contribution in [1.29, 1.82) is 0 Å². The molecule has 1 aromatic carbocycles. The Hall–Kier alpha value is -0.760. The molecule has 1 aliphatic heterocycles. The molecule has 0 aromatic heterocycles. The molecule has 0 bridgehead atoms. The lowest BCUT2D eigenvalue weighted by Gasteiger charge is -2.30. The maximum absolute atomic E-state index is 4.17. The Morgan fingerprint density at radius 3 is 3.00 bits per heavy atom. The fourth-order valence-electron chi connectivity index (χ4n) is 1.87. The molecular weight excluding hydrogens is 190 g/mol. The van der Waals surface area contributed by atoms with E-state index < -0.39 is 0 Å². The van der Waals surface area contributed by atoms with Gasteiger partial charge >= 0.3 is 0 Å². The first-order valence-corrected chi connectivity index (χ1v) is 6.60. The van der Waals surface area contributed by atoms with Gasteiger partial charge in [0.15, 0.2) is 0 Å². The summed E-state index contributed by atoms with van der Waals surface area (Å²) in [6.07, 6.45) is 2.33. The molecular formula is C12H17NS. The molecule has 0 amide bonds. The van der Waals surface area contributed by atoms with Gasteiger partial charge in [-0.2, -0.15) is 0 Å². The van der Waals surface area contributed by atoms with E-state index in [4.69, 9.17) is 0 Å². The van der Waals surface area contributed by atoms with Gasteiger partial charge in [0.2, 0.25) is 0 Å². The largest absolute Gasteiger partial charge is 0.325 e. The molecule has 1 heterocycles. The number of anilines is 1. The highest BCUT2D eigenvalue weighted by Crippen LogP contribution is 2.34. The van der Waals surface area contributed by atoms with E-state index in [1.165, 1.54) is 29.0 Å². The molecule has 1 aromatic rings. The third-order valence-electron chi connectivity index (χ3n) is 2.89. The predicted molar refractivity (Wildman–Crippen MR) is 67.5 cm³/mol. The van der Waals surface area contributed by atoms with Crippen molar-refractivity contribution in [1.82, 2.24) is 0 Å². The normalized spacial score (nSPS) is 20.7. The van der Waals surface area contributed by atoms with Crippen LogP contribution >= 0.6 is 10.7 Å². The predicted octanol–water partition coefficient (Wildman–Crippen LogP) is 2.86. The van der Waals surface area contributed by atoms with Crippen LogP contribution in [0.25, 0.3) is 0 Å². The van der Waals surface area contributed by atoms with Crippen LogP contribution in [-0.4, -0.2) is 18.7 Å². The van der Waals surface area contributed by atoms with E-state index in [0.717, 1.165) is 6.42 Å². The minimum Gasteiger partial charge on any atom is -0.325 e. The van der Waals surface area contributed by atoms with E-state index in [0.29, 0.717) is 0 Å². The van der Waals surface area contributed by atoms with E-state index in [1.807, 2.05) is 0 Å². The second-order valence-electron chi connectivity index (χ2n) is 3.73. The number of benzene rings is 1. The molecule has 2 rings (SSSR count). The molecule has 0 radical (unpaired) electrons. The highest BCUT2D eigenvalue weighted by molar-refractivity contribution is 8.15. The minimum atomic E-state index is 0.178. The van der Waals surface area contributed by atoms with E-state index in [1.54, 1.807) is 0 Å². The first-order valence-electron chi connectivity index (χ1n) is 5.08. The van der Waals surface area contributed by atoms with Crippen LogP contribution in [0.3, 0.4) is 0 Å². The van der Waals surface area contributed by atoms with Gasteiger partial charge in [-0.1, -0.05) is 24.9 Å². The maximum Gasteiger partial charge on any atom is 0.0493 e. The third-order valence-corrected chi connectivity index (χ3v) is 4.53. The molecule has 0 saturated carbocycles. The van der Waals surface area contributed by atoms with Crippen LogP contribution in [0, 0.1) is 0 Å². The topological polar surface area (TPSA) is 3.24 Å². The lowest BCUT2D eigenvalue weighted by molar-refractivity contribution is 1.06. The van der Waals surface area contributed by atoms with Crippen LogP contribution in [-0.2, 0) is 12.8 Å². The van der Waals surface area contributed by atoms with Gasteiger partial charge in [-0.05, 0) is 30.0 Å². The van der Waals surface area contributed by atoms with Crippen LogP contribution < -0.4 is 4.31 Å². The second-order valence-corrected chi connectivity index (χ2v) is 5.61. The number of hydrogen-bond donors (Lipinski definition) is 0. The van der Waals surface area contributed by atoms with Crippen LogP contribution in [0.4, 0.5) is 5.69 Å². The van der Waals surface area contributed by atoms with Gasteiger partial charge in [0.1, 0.15) is 0 Å². The summed E-state index contributed by atoms with van der Waals surface area (Å²) in [5.74, 6) is 5.38. The van der Waals surface area contributed by atoms with Crippen molar-refractivity contribution < 1.29 is 0 Å². The van der Waals surface area contributed by atoms with Gasteiger partial charge < -0.3 is 4.31 Å². The molecule has 76 valence electrons. The molecule has 1 unspecified atom stereocenters. The number of nitrogens with zero attached hydrogens (tertiary/aromatic N) is 1. The Morgan fingerprint density at radius 1 is 1.50 bits per heavy atom. The van der Waals surface area contributed by atoms with Crippen LogP contribution in [0.2, 0.25) is 0 Å². The van der Waals surface area contributed by atoms with Crippen molar-refractivity contribution >= 4 is 22.2 Å². The van der Waals surface area contributed by atoms with Crippen molar-refractivity contribution in [2.45, 2.75) is 19.8 Å². The number of hydrogen-bond acceptors (Lipinski definition) is 1. The molecule has 2 heteroatoms. The van der Waals surface area contributed by atoms with Gasteiger partial charge in [-0.25, -0.2) is 0 Å². The summed E-state index contributed by atoms with van der Waals surface area (Å²) in [6.45, 7) is 2.21. The Kier molecular flexibility index (Phi) is 2.64. The monoisotopic (exact) mass is 207 g/mol. The summed E-state index contributed by atoms with van der Waals surface area (Å²) in [4.78, 5) is 0. The quantitative estimate of drug-likeness (QED) is 0.640. The number of rotatable bonds is 1. The molecule has 0 aliphatic carbocycles. The van der Waals surface area contributed by atoms with Crippen molar-refractivity contribution in [3.8, 4) is 0 Å². The summed E-state index contributed by atoms with van der Waals surface area (Å²) < 4.78 is 2.32. The van der Waals surface area contributed by atoms with Gasteiger partial charge in [0, 0.05) is 18.5 Å². The van der Waals surface area contributed by atoms with Gasteiger partial charge in [-0.15, -0.1) is 10.7 Å². The summed E-state index contributed by atoms with van der Waals surface area (Å²) in [5.41, 5.74) is 4.33. The zero-order valence-electron chi connectivity index (χ0n) is 8.92. The fourth-order valence-corrected chi connectivity index (χ4v) is 3.06. The molecule has 1 nitrogen and oxygen atoms in total. The molecule has 1 atom stereocenters. The van der Waals surface area contributed by atoms with Crippen molar-refractivity contribution in [2.24, 2.45) is 0 Å². The van der Waals surface area contributed by atoms with Gasteiger partial charge in [0.05, 0.1) is 0 Å². The smallest absolute Gasteiger partial charge is 0.0493 e. The average molecular weight is 207 g/mol. The second kappa shape index (κ2) is 3.77. The maximum atomic E-state index is 4.17. The van der Waals surface area contributed by atoms with Gasteiger partial charge in [-0.3, -0.25) is 0 Å². The first kappa shape index (κ1) is 9.78. The number of fused-ring (bicyclic) bond motifs is 1. The summed E-state index contributed by atoms with van der Waals surface area (Å²) >= 11 is 0. The Labute approximate surface area is 88.8 Å². The highest BCUT2D eigenvalue weighted by Gasteiger charge is 2.15. The summed E-state index contributed by atoms with van der Waals surface area (Å²) in [6, 6.07) is 6.83. The Morgan fingerprint density at radius 2 is 2.29 bits per heavy atom. The SMILES string of the molecule is C=S1CCc2cc(CC)ccc2N1C. The van der Waals surface area contributed by atoms with E-state index in [9.17, 15) is 0 Å². The lowest BCUT2D eigenvalue weighted by atomic mass is 10.0. The van der Waals surface area contributed by atoms with Crippen molar-refractivity contribution in [2.75, 3.05) is 17.1 Å². The highest BCUT2D eigenvalue weighted by atomic mass is 32.2. The zero-order valence-corrected chi connectivity index (χ0v) is 9.73. The van der Waals surface area contributed by atoms with E-state index in [-0.39, 0.29) is 10.7 Å². The third kappa shape index (κ3) is 1.59. The molecule has 0 spiro atoms. The Bertz CT molecular complexity index is 371. The first-order chi connectivity index (χ1) is 6.72. The standard InChI is InChI=1S/C12H17NS/c1-4-10-5-6-12-11(9-10)7-8-14(3)13(12)2/h5-6,9H,3-4,7-8H2,1-2H3. The molecule has 0 N–H and O–H groups in total. The lowest BCUT2D eigenvalue weighted by Crippen LogP contribution is -2.18. The fraction of sp³-hybridized carbons (Fsp3) is 0.417. The summed E-state index contributed by atoms with van der Waals surface area (Å²) in [5, 5.41) is 0.